The summed E-state index contributed by atoms with van der Waals surface area (Å²) in [5, 5.41) is 9.16. The Bertz CT molecular complexity index is 560. The molecule has 0 bridgehead atoms. The van der Waals surface area contributed by atoms with Crippen molar-refractivity contribution in [2.24, 2.45) is 7.05 Å². The standard InChI is InChI=1S/C14H25N3O3S/c1-3-6-17-7-4-12(5-8-17)15-21(19,20)14-9-13(11-18)16(2)10-14/h9-10,12,15,18H,3-8,11H2,1-2H3. The van der Waals surface area contributed by atoms with Gasteiger partial charge >= 0.3 is 0 Å². The summed E-state index contributed by atoms with van der Waals surface area (Å²) in [6.07, 6.45) is 4.36. The molecule has 1 aliphatic heterocycles. The number of aliphatic hydroxyl groups is 1. The second-order valence-corrected chi connectivity index (χ2v) is 7.39. The predicted octanol–water partition coefficient (Wildman–Crippen LogP) is 0.670. The quantitative estimate of drug-likeness (QED) is 0.809. The van der Waals surface area contributed by atoms with Crippen LogP contribution in [-0.2, 0) is 23.7 Å². The molecule has 0 unspecified atom stereocenters. The van der Waals surface area contributed by atoms with E-state index in [1.807, 2.05) is 0 Å². The van der Waals surface area contributed by atoms with Crippen molar-refractivity contribution in [1.29, 1.82) is 0 Å². The zero-order valence-corrected chi connectivity index (χ0v) is 13.6. The molecule has 1 aromatic rings. The summed E-state index contributed by atoms with van der Waals surface area (Å²) in [4.78, 5) is 2.60. The third-order valence-electron chi connectivity index (χ3n) is 4.00. The molecule has 1 aliphatic rings. The molecule has 7 heteroatoms. The first-order chi connectivity index (χ1) is 9.96. The molecule has 0 aromatic carbocycles. The summed E-state index contributed by atoms with van der Waals surface area (Å²) < 4.78 is 29.2. The second-order valence-electron chi connectivity index (χ2n) is 5.67. The van der Waals surface area contributed by atoms with Gasteiger partial charge in [0.1, 0.15) is 0 Å². The minimum atomic E-state index is -3.50. The topological polar surface area (TPSA) is 74.6 Å². The molecule has 1 fully saturated rings. The van der Waals surface area contributed by atoms with Gasteiger partial charge in [0.15, 0.2) is 0 Å². The van der Waals surface area contributed by atoms with E-state index >= 15 is 0 Å². The maximum atomic E-state index is 12.4. The number of rotatable bonds is 6. The third-order valence-corrected chi connectivity index (χ3v) is 5.49. The molecule has 2 heterocycles. The van der Waals surface area contributed by atoms with Crippen LogP contribution >= 0.6 is 0 Å². The number of hydrogen-bond donors (Lipinski definition) is 2. The van der Waals surface area contributed by atoms with E-state index in [0.717, 1.165) is 38.9 Å². The van der Waals surface area contributed by atoms with Gasteiger partial charge in [0.25, 0.3) is 0 Å². The average Bonchev–Trinajstić information content (AvgIpc) is 2.83. The Morgan fingerprint density at radius 1 is 1.38 bits per heavy atom. The first-order valence-electron chi connectivity index (χ1n) is 7.47. The van der Waals surface area contributed by atoms with Crippen LogP contribution in [-0.4, -0.2) is 48.7 Å². The molecule has 1 saturated heterocycles. The van der Waals surface area contributed by atoms with Crippen LogP contribution < -0.4 is 4.72 Å². The van der Waals surface area contributed by atoms with E-state index in [2.05, 4.69) is 16.5 Å². The molecular weight excluding hydrogens is 290 g/mol. The Morgan fingerprint density at radius 2 is 2.05 bits per heavy atom. The van der Waals surface area contributed by atoms with Crippen molar-refractivity contribution in [3.63, 3.8) is 0 Å². The van der Waals surface area contributed by atoms with Gasteiger partial charge in [-0.2, -0.15) is 0 Å². The van der Waals surface area contributed by atoms with Crippen molar-refractivity contribution in [3.8, 4) is 0 Å². The number of sulfonamides is 1. The highest BCUT2D eigenvalue weighted by atomic mass is 32.2. The number of aromatic nitrogens is 1. The van der Waals surface area contributed by atoms with E-state index in [9.17, 15) is 8.42 Å². The largest absolute Gasteiger partial charge is 0.390 e. The van der Waals surface area contributed by atoms with Crippen LogP contribution in [0.1, 0.15) is 31.9 Å². The van der Waals surface area contributed by atoms with Gasteiger partial charge in [-0.05, 0) is 45.0 Å². The summed E-state index contributed by atoms with van der Waals surface area (Å²) in [7, 11) is -1.77. The Labute approximate surface area is 126 Å². The van der Waals surface area contributed by atoms with Crippen LogP contribution in [0.15, 0.2) is 17.2 Å². The Kier molecular flexibility index (Phi) is 5.43. The Morgan fingerprint density at radius 3 is 2.57 bits per heavy atom. The Balaban J connectivity index is 1.98. The molecule has 0 radical (unpaired) electrons. The molecule has 0 saturated carbocycles. The highest BCUT2D eigenvalue weighted by Crippen LogP contribution is 2.17. The summed E-state index contributed by atoms with van der Waals surface area (Å²) in [6.45, 7) is 4.96. The van der Waals surface area contributed by atoms with Gasteiger partial charge in [-0.1, -0.05) is 6.92 Å². The minimum absolute atomic E-state index is 0.000823. The number of hydrogen-bond acceptors (Lipinski definition) is 4. The van der Waals surface area contributed by atoms with Gasteiger partial charge in [0.05, 0.1) is 11.5 Å². The maximum Gasteiger partial charge on any atom is 0.242 e. The van der Waals surface area contributed by atoms with Crippen LogP contribution in [0.4, 0.5) is 0 Å². The predicted molar refractivity (Wildman–Crippen MR) is 81.4 cm³/mol. The van der Waals surface area contributed by atoms with E-state index < -0.39 is 10.0 Å². The van der Waals surface area contributed by atoms with Crippen molar-refractivity contribution >= 4 is 10.0 Å². The first kappa shape index (κ1) is 16.5. The van der Waals surface area contributed by atoms with Gasteiger partial charge in [-0.25, -0.2) is 13.1 Å². The fraction of sp³-hybridized carbons (Fsp3) is 0.714. The molecule has 1 aromatic heterocycles. The van der Waals surface area contributed by atoms with E-state index in [-0.39, 0.29) is 17.5 Å². The van der Waals surface area contributed by atoms with Crippen molar-refractivity contribution in [3.05, 3.63) is 18.0 Å². The fourth-order valence-electron chi connectivity index (χ4n) is 2.76. The number of likely N-dealkylation sites (tertiary alicyclic amines) is 1. The highest BCUT2D eigenvalue weighted by molar-refractivity contribution is 7.89. The van der Waals surface area contributed by atoms with Crippen molar-refractivity contribution in [2.75, 3.05) is 19.6 Å². The zero-order chi connectivity index (χ0) is 15.5. The average molecular weight is 315 g/mol. The normalized spacial score (nSPS) is 18.2. The van der Waals surface area contributed by atoms with Crippen LogP contribution in [0.25, 0.3) is 0 Å². The number of piperidine rings is 1. The third kappa shape index (κ3) is 4.06. The molecular formula is C14H25N3O3S. The van der Waals surface area contributed by atoms with Crippen LogP contribution in [0.3, 0.4) is 0 Å². The number of aryl methyl sites for hydroxylation is 1. The zero-order valence-electron chi connectivity index (χ0n) is 12.7. The smallest absolute Gasteiger partial charge is 0.242 e. The molecule has 21 heavy (non-hydrogen) atoms. The minimum Gasteiger partial charge on any atom is -0.390 e. The fourth-order valence-corrected chi connectivity index (χ4v) is 4.16. The monoisotopic (exact) mass is 315 g/mol. The molecule has 0 spiro atoms. The Hall–Kier alpha value is -0.890. The van der Waals surface area contributed by atoms with Crippen molar-refractivity contribution in [1.82, 2.24) is 14.2 Å². The van der Waals surface area contributed by atoms with E-state index in [1.54, 1.807) is 17.8 Å². The second kappa shape index (κ2) is 6.91. The lowest BCUT2D eigenvalue weighted by molar-refractivity contribution is 0.208. The van der Waals surface area contributed by atoms with Gasteiger partial charge in [0, 0.05) is 25.0 Å². The summed E-state index contributed by atoms with van der Waals surface area (Å²) >= 11 is 0. The first-order valence-corrected chi connectivity index (χ1v) is 8.95. The number of nitrogens with zero attached hydrogens (tertiary/aromatic N) is 2. The summed E-state index contributed by atoms with van der Waals surface area (Å²) in [5.41, 5.74) is 0.591. The number of aliphatic hydroxyl groups excluding tert-OH is 1. The molecule has 6 nitrogen and oxygen atoms in total. The molecule has 0 atom stereocenters. The lowest BCUT2D eigenvalue weighted by Crippen LogP contribution is -2.44. The van der Waals surface area contributed by atoms with E-state index in [0.29, 0.717) is 5.69 Å². The van der Waals surface area contributed by atoms with Gasteiger partial charge in [-0.15, -0.1) is 0 Å². The number of nitrogens with one attached hydrogen (secondary N) is 1. The van der Waals surface area contributed by atoms with Crippen LogP contribution in [0.5, 0.6) is 0 Å². The van der Waals surface area contributed by atoms with E-state index in [1.165, 1.54) is 6.07 Å². The maximum absolute atomic E-state index is 12.4. The molecule has 2 rings (SSSR count). The van der Waals surface area contributed by atoms with Gasteiger partial charge in [0.2, 0.25) is 10.0 Å². The highest BCUT2D eigenvalue weighted by Gasteiger charge is 2.25. The molecule has 120 valence electrons. The molecule has 0 aliphatic carbocycles. The van der Waals surface area contributed by atoms with Crippen molar-refractivity contribution < 1.29 is 13.5 Å². The lowest BCUT2D eigenvalue weighted by atomic mass is 10.1. The van der Waals surface area contributed by atoms with Crippen LogP contribution in [0, 0.1) is 0 Å². The van der Waals surface area contributed by atoms with Gasteiger partial charge in [-0.3, -0.25) is 0 Å². The molecule has 2 N–H and O–H groups in total. The lowest BCUT2D eigenvalue weighted by Gasteiger charge is -2.31. The summed E-state index contributed by atoms with van der Waals surface area (Å²) in [5.74, 6) is 0. The van der Waals surface area contributed by atoms with Crippen LogP contribution in [0.2, 0.25) is 0 Å². The van der Waals surface area contributed by atoms with Crippen molar-refractivity contribution in [2.45, 2.75) is 43.7 Å². The van der Waals surface area contributed by atoms with Gasteiger partial charge < -0.3 is 14.6 Å². The SMILES string of the molecule is CCCN1CCC(NS(=O)(=O)c2cc(CO)n(C)c2)CC1. The van der Waals surface area contributed by atoms with E-state index in [4.69, 9.17) is 5.11 Å². The molecule has 0 amide bonds. The summed E-state index contributed by atoms with van der Waals surface area (Å²) in [6, 6.07) is 1.52.